The smallest absolute Gasteiger partial charge is 0.236 e. The van der Waals surface area contributed by atoms with Crippen molar-refractivity contribution in [3.63, 3.8) is 0 Å². The number of fused-ring (bicyclic) bond motifs is 10. The SMILES string of the molecule is c1ccc2cc(-n3c4cccc5c6ccccc6c6cccc7c6c6c(c54)c3ccc6n7-c3nc(-c4cccc5oc6ccccc6c45)c4c(n3)sc3ccccc34)ccc2c1. The van der Waals surface area contributed by atoms with Gasteiger partial charge in [0.2, 0.25) is 5.95 Å². The van der Waals surface area contributed by atoms with Crippen molar-refractivity contribution >= 4 is 130 Å². The van der Waals surface area contributed by atoms with Crippen molar-refractivity contribution < 1.29 is 4.42 Å². The van der Waals surface area contributed by atoms with Crippen LogP contribution < -0.4 is 0 Å². The number of para-hydroxylation sites is 1. The largest absolute Gasteiger partial charge is 0.456 e. The molecule has 0 N–H and O–H groups in total. The van der Waals surface area contributed by atoms with Crippen LogP contribution in [0.4, 0.5) is 0 Å². The molecular weight excluding hydrogens is 777 g/mol. The first-order valence-corrected chi connectivity index (χ1v) is 21.8. The van der Waals surface area contributed by atoms with Crippen LogP contribution in [-0.4, -0.2) is 19.1 Å². The summed E-state index contributed by atoms with van der Waals surface area (Å²) in [6.07, 6.45) is 0. The van der Waals surface area contributed by atoms with Crippen LogP contribution in [0.3, 0.4) is 0 Å². The van der Waals surface area contributed by atoms with E-state index in [1.54, 1.807) is 11.3 Å². The molecule has 0 spiro atoms. The van der Waals surface area contributed by atoms with Crippen molar-refractivity contribution in [2.24, 2.45) is 0 Å². The van der Waals surface area contributed by atoms with E-state index in [1.807, 2.05) is 12.1 Å². The van der Waals surface area contributed by atoms with E-state index in [2.05, 4.69) is 179 Å². The molecule has 0 aliphatic rings. The highest BCUT2D eigenvalue weighted by molar-refractivity contribution is 7.25. The van der Waals surface area contributed by atoms with Gasteiger partial charge in [0.1, 0.15) is 16.0 Å². The van der Waals surface area contributed by atoms with E-state index < -0.39 is 0 Å². The fourth-order valence-electron chi connectivity index (χ4n) is 10.8. The summed E-state index contributed by atoms with van der Waals surface area (Å²) in [5.41, 5.74) is 9.28. The fourth-order valence-corrected chi connectivity index (χ4v) is 11.9. The minimum atomic E-state index is 0.645. The molecule has 286 valence electrons. The highest BCUT2D eigenvalue weighted by atomic mass is 32.1. The maximum atomic E-state index is 6.46. The molecule has 15 rings (SSSR count). The number of hydrogen-bond donors (Lipinski definition) is 0. The minimum absolute atomic E-state index is 0.645. The zero-order chi connectivity index (χ0) is 40.2. The second-order valence-corrected chi connectivity index (χ2v) is 17.5. The van der Waals surface area contributed by atoms with Crippen molar-refractivity contribution in [1.29, 1.82) is 0 Å². The first-order chi connectivity index (χ1) is 30.8. The summed E-state index contributed by atoms with van der Waals surface area (Å²) >= 11 is 1.73. The Morgan fingerprint density at radius 1 is 0.387 bits per heavy atom. The topological polar surface area (TPSA) is 48.8 Å². The first-order valence-electron chi connectivity index (χ1n) is 21.0. The summed E-state index contributed by atoms with van der Waals surface area (Å²) in [5.74, 6) is 0.645. The van der Waals surface area contributed by atoms with Crippen LogP contribution >= 0.6 is 11.3 Å². The summed E-state index contributed by atoms with van der Waals surface area (Å²) < 4.78 is 12.4. The van der Waals surface area contributed by atoms with E-state index in [-0.39, 0.29) is 0 Å². The van der Waals surface area contributed by atoms with Gasteiger partial charge < -0.3 is 8.98 Å². The monoisotopic (exact) mass is 806 g/mol. The van der Waals surface area contributed by atoms with Crippen molar-refractivity contribution in [2.75, 3.05) is 0 Å². The predicted octanol–water partition coefficient (Wildman–Crippen LogP) is 15.5. The molecule has 0 aliphatic heterocycles. The van der Waals surface area contributed by atoms with E-state index in [4.69, 9.17) is 14.4 Å². The standard InChI is InChI=1S/C56H30N4OS/c1-2-13-32-30-33(27-26-31(32)12-1)59-41-21-9-18-36-34-14-3-4-15-35(34)37-19-10-22-42-50(37)53-44(29-28-43(59)52(53)49(36)41)60(42)56-57-54(51-39-17-6-8-25-47(39)62-55(51)58-56)40-20-11-24-46-48(40)38-16-5-7-23-45(38)61-46/h1-30H. The molecule has 5 nitrogen and oxygen atoms in total. The molecule has 5 heterocycles. The zero-order valence-corrected chi connectivity index (χ0v) is 33.7. The molecule has 15 aromatic rings. The lowest BCUT2D eigenvalue weighted by molar-refractivity contribution is 0.669. The third kappa shape index (κ3) is 4.16. The number of thiophene rings is 1. The quantitative estimate of drug-likeness (QED) is 0.179. The second kappa shape index (κ2) is 11.8. The molecule has 62 heavy (non-hydrogen) atoms. The molecule has 6 heteroatoms. The summed E-state index contributed by atoms with van der Waals surface area (Å²) in [4.78, 5) is 12.2. The Morgan fingerprint density at radius 2 is 0.984 bits per heavy atom. The Balaban J connectivity index is 1.14. The van der Waals surface area contributed by atoms with E-state index in [0.29, 0.717) is 5.95 Å². The summed E-state index contributed by atoms with van der Waals surface area (Å²) in [6, 6.07) is 65.8. The summed E-state index contributed by atoms with van der Waals surface area (Å²) in [6.45, 7) is 0. The van der Waals surface area contributed by atoms with Crippen LogP contribution in [0.15, 0.2) is 186 Å². The lowest BCUT2D eigenvalue weighted by Crippen LogP contribution is -2.03. The van der Waals surface area contributed by atoms with Gasteiger partial charge in [0.15, 0.2) is 0 Å². The molecule has 0 amide bonds. The molecular formula is C56H30N4OS. The highest BCUT2D eigenvalue weighted by Gasteiger charge is 2.27. The van der Waals surface area contributed by atoms with Crippen LogP contribution in [0.25, 0.3) is 141 Å². The van der Waals surface area contributed by atoms with Gasteiger partial charge in [-0.1, -0.05) is 127 Å². The third-order valence-corrected chi connectivity index (χ3v) is 14.4. The minimum Gasteiger partial charge on any atom is -0.456 e. The summed E-state index contributed by atoms with van der Waals surface area (Å²) in [7, 11) is 0. The Hall–Kier alpha value is -8.06. The van der Waals surface area contributed by atoms with Crippen LogP contribution in [-0.2, 0) is 0 Å². The Kier molecular flexibility index (Phi) is 6.24. The van der Waals surface area contributed by atoms with Gasteiger partial charge in [0, 0.05) is 59.0 Å². The maximum absolute atomic E-state index is 6.46. The van der Waals surface area contributed by atoms with Crippen LogP contribution in [0.1, 0.15) is 0 Å². The van der Waals surface area contributed by atoms with Gasteiger partial charge in [0.25, 0.3) is 0 Å². The lowest BCUT2D eigenvalue weighted by atomic mass is 9.95. The second-order valence-electron chi connectivity index (χ2n) is 16.4. The fraction of sp³-hybridized carbons (Fsp3) is 0. The van der Waals surface area contributed by atoms with Gasteiger partial charge in [-0.15, -0.1) is 11.3 Å². The molecule has 0 saturated heterocycles. The molecule has 0 fully saturated rings. The van der Waals surface area contributed by atoms with E-state index in [9.17, 15) is 0 Å². The molecule has 0 unspecified atom stereocenters. The molecule has 10 aromatic carbocycles. The molecule has 0 radical (unpaired) electrons. The van der Waals surface area contributed by atoms with Crippen molar-refractivity contribution in [3.8, 4) is 22.9 Å². The molecule has 5 aromatic heterocycles. The molecule has 0 aliphatic carbocycles. The lowest BCUT2D eigenvalue weighted by Gasteiger charge is -2.12. The van der Waals surface area contributed by atoms with Crippen LogP contribution in [0.5, 0.6) is 0 Å². The normalized spacial score (nSPS) is 12.5. The molecule has 0 bridgehead atoms. The van der Waals surface area contributed by atoms with Crippen LogP contribution in [0.2, 0.25) is 0 Å². The van der Waals surface area contributed by atoms with Crippen LogP contribution in [0, 0.1) is 0 Å². The third-order valence-electron chi connectivity index (χ3n) is 13.3. The average molecular weight is 807 g/mol. The average Bonchev–Trinajstić information content (AvgIpc) is 4.08. The van der Waals surface area contributed by atoms with E-state index in [1.165, 1.54) is 69.6 Å². The van der Waals surface area contributed by atoms with Gasteiger partial charge in [-0.25, -0.2) is 9.97 Å². The van der Waals surface area contributed by atoms with Gasteiger partial charge in [-0.05, 0) is 86.9 Å². The van der Waals surface area contributed by atoms with Crippen molar-refractivity contribution in [2.45, 2.75) is 0 Å². The Labute approximate surface area is 356 Å². The van der Waals surface area contributed by atoms with E-state index >= 15 is 0 Å². The van der Waals surface area contributed by atoms with Gasteiger partial charge in [-0.3, -0.25) is 4.57 Å². The number of furan rings is 1. The number of hydrogen-bond acceptors (Lipinski definition) is 4. The van der Waals surface area contributed by atoms with Crippen molar-refractivity contribution in [3.05, 3.63) is 182 Å². The Bertz CT molecular complexity index is 4410. The molecule has 0 saturated carbocycles. The van der Waals surface area contributed by atoms with Gasteiger partial charge >= 0.3 is 0 Å². The maximum Gasteiger partial charge on any atom is 0.236 e. The van der Waals surface area contributed by atoms with E-state index in [0.717, 1.165) is 65.5 Å². The highest BCUT2D eigenvalue weighted by Crippen LogP contribution is 2.49. The molecule has 0 atom stereocenters. The number of benzene rings is 9. The number of nitrogens with zero attached hydrogens (tertiary/aromatic N) is 4. The number of rotatable bonds is 3. The first kappa shape index (κ1) is 32.8. The summed E-state index contributed by atoms with van der Waals surface area (Å²) in [5, 5.41) is 16.6. The van der Waals surface area contributed by atoms with Gasteiger partial charge in [-0.2, -0.15) is 0 Å². The Morgan fingerprint density at radius 3 is 1.77 bits per heavy atom. The predicted molar refractivity (Wildman–Crippen MR) is 260 cm³/mol. The zero-order valence-electron chi connectivity index (χ0n) is 32.9. The van der Waals surface area contributed by atoms with Crippen molar-refractivity contribution in [1.82, 2.24) is 19.1 Å². The number of aromatic nitrogens is 4. The van der Waals surface area contributed by atoms with Gasteiger partial charge in [0.05, 0.1) is 27.8 Å².